The first-order valence-electron chi connectivity index (χ1n) is 8.60. The molecule has 0 bridgehead atoms. The number of hydrogen-bond donors (Lipinski definition) is 0. The van der Waals surface area contributed by atoms with Gasteiger partial charge in [-0.25, -0.2) is 0 Å². The van der Waals surface area contributed by atoms with Crippen LogP contribution in [-0.2, 0) is 18.4 Å². The fourth-order valence-electron chi connectivity index (χ4n) is 4.14. The molecule has 2 saturated heterocycles. The Labute approximate surface area is 133 Å². The number of amides is 1. The average Bonchev–Trinajstić information content (AvgIpc) is 3.04. The Hall–Kier alpha value is -1.36. The molecule has 5 heteroatoms. The molecule has 0 aromatic carbocycles. The third-order valence-corrected chi connectivity index (χ3v) is 5.52. The predicted octanol–water partition coefficient (Wildman–Crippen LogP) is 2.10. The second-order valence-electron chi connectivity index (χ2n) is 6.83. The summed E-state index contributed by atoms with van der Waals surface area (Å²) in [5.74, 6) is 0.375. The first kappa shape index (κ1) is 15.5. The molecule has 1 aromatic heterocycles. The summed E-state index contributed by atoms with van der Waals surface area (Å²) in [6.07, 6.45) is 7.30. The topological polar surface area (TPSA) is 41.4 Å². The molecule has 22 heavy (non-hydrogen) atoms. The van der Waals surface area contributed by atoms with Crippen LogP contribution in [0.25, 0.3) is 0 Å². The summed E-state index contributed by atoms with van der Waals surface area (Å²) in [6.45, 7) is 7.98. The molecule has 1 atom stereocenters. The monoisotopic (exact) mass is 304 g/mol. The summed E-state index contributed by atoms with van der Waals surface area (Å²) >= 11 is 0. The van der Waals surface area contributed by atoms with Crippen LogP contribution in [0.1, 0.15) is 50.3 Å². The van der Waals surface area contributed by atoms with Gasteiger partial charge in [-0.05, 0) is 45.6 Å². The van der Waals surface area contributed by atoms with Crippen LogP contribution in [0.15, 0.2) is 6.20 Å². The Morgan fingerprint density at radius 2 is 2.00 bits per heavy atom. The van der Waals surface area contributed by atoms with Crippen molar-refractivity contribution in [2.45, 2.75) is 58.0 Å². The Morgan fingerprint density at radius 1 is 1.27 bits per heavy atom. The number of rotatable bonds is 4. The van der Waals surface area contributed by atoms with Crippen LogP contribution in [0.3, 0.4) is 0 Å². The maximum absolute atomic E-state index is 13.1. The quantitative estimate of drug-likeness (QED) is 0.855. The minimum Gasteiger partial charge on any atom is -0.341 e. The molecule has 0 aliphatic carbocycles. The van der Waals surface area contributed by atoms with Crippen LogP contribution >= 0.6 is 0 Å². The number of likely N-dealkylation sites (tertiary alicyclic amines) is 2. The molecule has 122 valence electrons. The maximum Gasteiger partial charge on any atom is 0.243 e. The van der Waals surface area contributed by atoms with E-state index in [0.29, 0.717) is 5.91 Å². The van der Waals surface area contributed by atoms with Crippen molar-refractivity contribution in [3.63, 3.8) is 0 Å². The van der Waals surface area contributed by atoms with Crippen molar-refractivity contribution in [3.05, 3.63) is 17.5 Å². The van der Waals surface area contributed by atoms with E-state index in [1.807, 2.05) is 17.9 Å². The molecule has 2 aliphatic heterocycles. The highest BCUT2D eigenvalue weighted by Gasteiger charge is 2.50. The van der Waals surface area contributed by atoms with E-state index < -0.39 is 0 Å². The van der Waals surface area contributed by atoms with E-state index in [-0.39, 0.29) is 5.54 Å². The third kappa shape index (κ3) is 2.45. The molecular weight excluding hydrogens is 276 g/mol. The van der Waals surface area contributed by atoms with Crippen molar-refractivity contribution < 1.29 is 4.79 Å². The molecule has 3 heterocycles. The van der Waals surface area contributed by atoms with Crippen LogP contribution in [0.4, 0.5) is 0 Å². The first-order chi connectivity index (χ1) is 10.6. The summed E-state index contributed by atoms with van der Waals surface area (Å²) in [7, 11) is 1.98. The zero-order valence-corrected chi connectivity index (χ0v) is 14.1. The molecule has 5 nitrogen and oxygen atoms in total. The van der Waals surface area contributed by atoms with Gasteiger partial charge in [0.15, 0.2) is 0 Å². The summed E-state index contributed by atoms with van der Waals surface area (Å²) < 4.78 is 1.92. The van der Waals surface area contributed by atoms with Gasteiger partial charge in [-0.3, -0.25) is 14.4 Å². The molecule has 1 unspecified atom stereocenters. The molecular formula is C17H28N4O. The Morgan fingerprint density at radius 3 is 2.64 bits per heavy atom. The normalized spacial score (nSPS) is 26.3. The highest BCUT2D eigenvalue weighted by atomic mass is 16.2. The average molecular weight is 304 g/mol. The van der Waals surface area contributed by atoms with Crippen LogP contribution in [0.2, 0.25) is 0 Å². The number of nitrogens with zero attached hydrogens (tertiary/aromatic N) is 4. The summed E-state index contributed by atoms with van der Waals surface area (Å²) in [5, 5.41) is 4.35. The van der Waals surface area contributed by atoms with Crippen molar-refractivity contribution >= 4 is 5.91 Å². The van der Waals surface area contributed by atoms with E-state index in [1.165, 1.54) is 11.3 Å². The minimum absolute atomic E-state index is 0.240. The smallest absolute Gasteiger partial charge is 0.243 e. The minimum atomic E-state index is -0.240. The number of hydrogen-bond acceptors (Lipinski definition) is 3. The van der Waals surface area contributed by atoms with E-state index in [0.717, 1.165) is 58.3 Å². The first-order valence-corrected chi connectivity index (χ1v) is 8.60. The van der Waals surface area contributed by atoms with Gasteiger partial charge in [0, 0.05) is 37.9 Å². The van der Waals surface area contributed by atoms with Crippen molar-refractivity contribution in [1.29, 1.82) is 0 Å². The summed E-state index contributed by atoms with van der Waals surface area (Å²) in [4.78, 5) is 17.6. The summed E-state index contributed by atoms with van der Waals surface area (Å²) in [6, 6.07) is 0. The van der Waals surface area contributed by atoms with Gasteiger partial charge in [-0.15, -0.1) is 0 Å². The highest BCUT2D eigenvalue weighted by Crippen LogP contribution is 2.39. The Bertz CT molecular complexity index is 551. The molecule has 2 fully saturated rings. The Balaban J connectivity index is 1.82. The molecule has 0 saturated carbocycles. The predicted molar refractivity (Wildman–Crippen MR) is 86.4 cm³/mol. The van der Waals surface area contributed by atoms with Gasteiger partial charge in [0.25, 0.3) is 0 Å². The van der Waals surface area contributed by atoms with Crippen molar-refractivity contribution in [2.75, 3.05) is 19.6 Å². The molecule has 0 N–H and O–H groups in total. The zero-order chi connectivity index (χ0) is 15.7. The third-order valence-electron chi connectivity index (χ3n) is 5.52. The SMILES string of the molecule is CCCN1CCCC2(CCCN2Cc2cnn(C)c2C)C1=O. The van der Waals surface area contributed by atoms with Gasteiger partial charge >= 0.3 is 0 Å². The molecule has 1 amide bonds. The van der Waals surface area contributed by atoms with Crippen molar-refractivity contribution in [2.24, 2.45) is 7.05 Å². The van der Waals surface area contributed by atoms with E-state index in [9.17, 15) is 4.79 Å². The van der Waals surface area contributed by atoms with Gasteiger partial charge in [-0.1, -0.05) is 6.92 Å². The van der Waals surface area contributed by atoms with Crippen LogP contribution < -0.4 is 0 Å². The number of piperidine rings is 1. The van der Waals surface area contributed by atoms with Crippen LogP contribution in [0, 0.1) is 6.92 Å². The number of carbonyl (C=O) groups excluding carboxylic acids is 1. The fourth-order valence-corrected chi connectivity index (χ4v) is 4.14. The molecule has 0 radical (unpaired) electrons. The lowest BCUT2D eigenvalue weighted by molar-refractivity contribution is -0.147. The molecule has 1 aromatic rings. The second kappa shape index (κ2) is 6.03. The number of aromatic nitrogens is 2. The lowest BCUT2D eigenvalue weighted by atomic mass is 9.85. The molecule has 3 rings (SSSR count). The highest BCUT2D eigenvalue weighted by molar-refractivity contribution is 5.87. The van der Waals surface area contributed by atoms with E-state index in [2.05, 4.69) is 28.7 Å². The molecule has 2 aliphatic rings. The Kier molecular flexibility index (Phi) is 4.26. The zero-order valence-electron chi connectivity index (χ0n) is 14.1. The van der Waals surface area contributed by atoms with E-state index >= 15 is 0 Å². The van der Waals surface area contributed by atoms with Gasteiger partial charge in [0.05, 0.1) is 6.20 Å². The van der Waals surface area contributed by atoms with Crippen LogP contribution in [-0.4, -0.2) is 50.7 Å². The van der Waals surface area contributed by atoms with Gasteiger partial charge in [-0.2, -0.15) is 5.10 Å². The number of aryl methyl sites for hydroxylation is 1. The van der Waals surface area contributed by atoms with Crippen LogP contribution in [0.5, 0.6) is 0 Å². The lowest BCUT2D eigenvalue weighted by Crippen LogP contribution is -2.59. The van der Waals surface area contributed by atoms with Crippen molar-refractivity contribution in [1.82, 2.24) is 19.6 Å². The van der Waals surface area contributed by atoms with Gasteiger partial charge in [0.2, 0.25) is 5.91 Å². The fraction of sp³-hybridized carbons (Fsp3) is 0.765. The largest absolute Gasteiger partial charge is 0.341 e. The summed E-state index contributed by atoms with van der Waals surface area (Å²) in [5.41, 5.74) is 2.22. The second-order valence-corrected chi connectivity index (χ2v) is 6.83. The molecule has 1 spiro atoms. The van der Waals surface area contributed by atoms with Gasteiger partial charge < -0.3 is 4.90 Å². The van der Waals surface area contributed by atoms with Gasteiger partial charge in [0.1, 0.15) is 5.54 Å². The van der Waals surface area contributed by atoms with E-state index in [1.54, 1.807) is 0 Å². The standard InChI is InChI=1S/C17H28N4O/c1-4-9-20-10-5-7-17(16(20)22)8-6-11-21(17)13-15-12-18-19(3)14(15)2/h12H,4-11,13H2,1-3H3. The van der Waals surface area contributed by atoms with E-state index in [4.69, 9.17) is 0 Å². The number of carbonyl (C=O) groups is 1. The lowest BCUT2D eigenvalue weighted by Gasteiger charge is -2.44. The van der Waals surface area contributed by atoms with Crippen molar-refractivity contribution in [3.8, 4) is 0 Å². The maximum atomic E-state index is 13.1.